The monoisotopic (exact) mass is 467 g/mol. The van der Waals surface area contributed by atoms with Crippen LogP contribution in [0.15, 0.2) is 12.1 Å². The van der Waals surface area contributed by atoms with E-state index >= 15 is 0 Å². The van der Waals surface area contributed by atoms with Crippen molar-refractivity contribution in [1.82, 2.24) is 19.6 Å². The molecule has 2 atom stereocenters. The molecule has 0 saturated heterocycles. The van der Waals surface area contributed by atoms with E-state index in [-0.39, 0.29) is 29.1 Å². The Balaban J connectivity index is 1.58. The first-order chi connectivity index (χ1) is 15.2. The van der Waals surface area contributed by atoms with Crippen molar-refractivity contribution in [3.63, 3.8) is 0 Å². The number of amides is 3. The van der Waals surface area contributed by atoms with Gasteiger partial charge in [0.05, 0.1) is 29.1 Å². The predicted molar refractivity (Wildman–Crippen MR) is 113 cm³/mol. The number of anilines is 1. The summed E-state index contributed by atoms with van der Waals surface area (Å²) in [5, 5.41) is 17.1. The molecule has 1 aromatic heterocycles. The first-order valence-corrected chi connectivity index (χ1v) is 10.8. The fourth-order valence-electron chi connectivity index (χ4n) is 4.26. The van der Waals surface area contributed by atoms with E-state index in [1.54, 1.807) is 16.6 Å². The van der Waals surface area contributed by atoms with Crippen LogP contribution < -0.4 is 5.32 Å². The van der Waals surface area contributed by atoms with E-state index in [4.69, 9.17) is 11.6 Å². The van der Waals surface area contributed by atoms with E-state index in [0.717, 1.165) is 11.8 Å². The molecule has 0 fully saturated rings. The summed E-state index contributed by atoms with van der Waals surface area (Å²) in [5.41, 5.74) is 1.55. The Morgan fingerprint density at radius 3 is 2.81 bits per heavy atom. The number of aliphatic hydroxyl groups excluding tert-OH is 1. The van der Waals surface area contributed by atoms with Crippen LogP contribution in [0, 0.1) is 17.6 Å². The fraction of sp³-hybridized carbons (Fsp3) is 0.476. The van der Waals surface area contributed by atoms with Gasteiger partial charge in [0.2, 0.25) is 0 Å². The lowest BCUT2D eigenvalue weighted by Gasteiger charge is -2.28. The summed E-state index contributed by atoms with van der Waals surface area (Å²) >= 11 is 5.70. The molecule has 0 spiro atoms. The zero-order chi connectivity index (χ0) is 23.2. The van der Waals surface area contributed by atoms with Crippen molar-refractivity contribution >= 4 is 29.2 Å². The highest BCUT2D eigenvalue weighted by Crippen LogP contribution is 2.29. The van der Waals surface area contributed by atoms with Crippen LogP contribution in [0.25, 0.3) is 0 Å². The second-order valence-electron chi connectivity index (χ2n) is 8.23. The van der Waals surface area contributed by atoms with Gasteiger partial charge in [0.25, 0.3) is 5.91 Å². The Morgan fingerprint density at radius 2 is 2.09 bits per heavy atom. The third kappa shape index (κ3) is 4.04. The molecule has 3 amide bonds. The molecule has 32 heavy (non-hydrogen) atoms. The van der Waals surface area contributed by atoms with E-state index in [1.165, 1.54) is 4.90 Å². The molecule has 0 bridgehead atoms. The smallest absolute Gasteiger partial charge is 0.322 e. The van der Waals surface area contributed by atoms with Crippen molar-refractivity contribution < 1.29 is 23.5 Å². The Bertz CT molecular complexity index is 1080. The van der Waals surface area contributed by atoms with E-state index < -0.39 is 23.8 Å². The minimum absolute atomic E-state index is 0.119. The molecule has 0 radical (unpaired) electrons. The van der Waals surface area contributed by atoms with Gasteiger partial charge in [-0.3, -0.25) is 9.48 Å². The summed E-state index contributed by atoms with van der Waals surface area (Å²) in [4.78, 5) is 28.8. The van der Waals surface area contributed by atoms with E-state index in [0.29, 0.717) is 49.8 Å². The van der Waals surface area contributed by atoms with Crippen molar-refractivity contribution in [2.75, 3.05) is 25.5 Å². The second-order valence-corrected chi connectivity index (χ2v) is 8.63. The van der Waals surface area contributed by atoms with Gasteiger partial charge in [0, 0.05) is 50.7 Å². The highest BCUT2D eigenvalue weighted by atomic mass is 35.5. The van der Waals surface area contributed by atoms with Gasteiger partial charge in [-0.1, -0.05) is 18.5 Å². The van der Waals surface area contributed by atoms with Gasteiger partial charge in [-0.2, -0.15) is 5.10 Å². The molecule has 0 aliphatic carbocycles. The summed E-state index contributed by atoms with van der Waals surface area (Å²) in [5.74, 6) is -2.22. The SMILES string of the molecule is CCC(O)C1CN(C)C(=O)c2c3c(nn2C1)CCN(C(=O)Nc1cc(Cl)c(F)cc1F)C3. The largest absolute Gasteiger partial charge is 0.393 e. The summed E-state index contributed by atoms with van der Waals surface area (Å²) in [6.07, 6.45) is 0.436. The summed E-state index contributed by atoms with van der Waals surface area (Å²) < 4.78 is 29.1. The highest BCUT2D eigenvalue weighted by molar-refractivity contribution is 6.31. The quantitative estimate of drug-likeness (QED) is 0.679. The number of nitrogens with one attached hydrogen (secondary N) is 1. The molecule has 2 unspecified atom stereocenters. The van der Waals surface area contributed by atoms with Crippen LogP contribution in [-0.2, 0) is 19.5 Å². The maximum atomic E-state index is 14.0. The van der Waals surface area contributed by atoms with Gasteiger partial charge in [0.15, 0.2) is 0 Å². The molecular weight excluding hydrogens is 444 g/mol. The minimum Gasteiger partial charge on any atom is -0.393 e. The predicted octanol–water partition coefficient (Wildman–Crippen LogP) is 2.88. The average Bonchev–Trinajstić information content (AvgIpc) is 3.06. The van der Waals surface area contributed by atoms with Crippen molar-refractivity contribution in [2.45, 2.75) is 39.0 Å². The number of benzene rings is 1. The molecule has 1 aromatic carbocycles. The number of nitrogens with zero attached hydrogens (tertiary/aromatic N) is 4. The van der Waals surface area contributed by atoms with E-state index in [9.17, 15) is 23.5 Å². The molecule has 2 N–H and O–H groups in total. The van der Waals surface area contributed by atoms with Gasteiger partial charge in [-0.05, 0) is 12.5 Å². The fourth-order valence-corrected chi connectivity index (χ4v) is 4.42. The first kappa shape index (κ1) is 22.5. The van der Waals surface area contributed by atoms with Crippen molar-refractivity contribution in [3.05, 3.63) is 45.7 Å². The van der Waals surface area contributed by atoms with E-state index in [2.05, 4.69) is 10.4 Å². The molecule has 172 valence electrons. The lowest BCUT2D eigenvalue weighted by atomic mass is 10.0. The standard InChI is InChI=1S/C21H24ClF2N5O3/c1-3-18(30)11-8-27(2)20(31)19-12-10-28(5-4-16(12)26-29(19)9-11)21(32)25-17-6-13(22)14(23)7-15(17)24/h6-7,11,18,30H,3-5,8-10H2,1-2H3,(H,25,32). The van der Waals surface area contributed by atoms with Gasteiger partial charge in [-0.15, -0.1) is 0 Å². The molecule has 0 saturated carbocycles. The number of hydrogen-bond acceptors (Lipinski definition) is 4. The normalized spacial score (nSPS) is 19.3. The topological polar surface area (TPSA) is 90.7 Å². The van der Waals surface area contributed by atoms with Crippen LogP contribution in [0.3, 0.4) is 0 Å². The summed E-state index contributed by atoms with van der Waals surface area (Å²) in [7, 11) is 1.68. The van der Waals surface area contributed by atoms with Gasteiger partial charge in [0.1, 0.15) is 17.3 Å². The molecule has 2 aromatic rings. The summed E-state index contributed by atoms with van der Waals surface area (Å²) in [6, 6.07) is 1.04. The number of fused-ring (bicyclic) bond motifs is 3. The molecule has 8 nitrogen and oxygen atoms in total. The molecular formula is C21H24ClF2N5O3. The van der Waals surface area contributed by atoms with Crippen LogP contribution in [0.1, 0.15) is 35.1 Å². The van der Waals surface area contributed by atoms with Crippen LogP contribution in [-0.4, -0.2) is 62.9 Å². The van der Waals surface area contributed by atoms with Crippen molar-refractivity contribution in [2.24, 2.45) is 5.92 Å². The van der Waals surface area contributed by atoms with Crippen molar-refractivity contribution in [1.29, 1.82) is 0 Å². The lowest BCUT2D eigenvalue weighted by Crippen LogP contribution is -2.40. The average molecular weight is 468 g/mol. The van der Waals surface area contributed by atoms with Gasteiger partial charge >= 0.3 is 6.03 Å². The molecule has 2 aliphatic heterocycles. The van der Waals surface area contributed by atoms with Crippen LogP contribution in [0.2, 0.25) is 5.02 Å². The molecule has 2 aliphatic rings. The maximum Gasteiger partial charge on any atom is 0.322 e. The first-order valence-electron chi connectivity index (χ1n) is 10.4. The zero-order valence-electron chi connectivity index (χ0n) is 17.7. The van der Waals surface area contributed by atoms with Crippen LogP contribution in [0.4, 0.5) is 19.3 Å². The number of hydrogen-bond donors (Lipinski definition) is 2. The molecule has 3 heterocycles. The minimum atomic E-state index is -0.935. The van der Waals surface area contributed by atoms with Gasteiger partial charge < -0.3 is 20.2 Å². The maximum absolute atomic E-state index is 14.0. The molecule has 11 heteroatoms. The third-order valence-corrected chi connectivity index (χ3v) is 6.36. The Labute approximate surface area is 188 Å². The number of aliphatic hydroxyl groups is 1. The van der Waals surface area contributed by atoms with E-state index in [1.807, 2.05) is 6.92 Å². The second kappa shape index (κ2) is 8.67. The number of rotatable bonds is 3. The Morgan fingerprint density at radius 1 is 1.34 bits per heavy atom. The zero-order valence-corrected chi connectivity index (χ0v) is 18.5. The van der Waals surface area contributed by atoms with Crippen LogP contribution in [0.5, 0.6) is 0 Å². The van der Waals surface area contributed by atoms with Crippen molar-refractivity contribution in [3.8, 4) is 0 Å². The third-order valence-electron chi connectivity index (χ3n) is 6.07. The Hall–Kier alpha value is -2.72. The van der Waals surface area contributed by atoms with Crippen LogP contribution >= 0.6 is 11.6 Å². The highest BCUT2D eigenvalue weighted by Gasteiger charge is 2.36. The number of urea groups is 1. The number of aromatic nitrogens is 2. The lowest BCUT2D eigenvalue weighted by molar-refractivity contribution is 0.0626. The summed E-state index contributed by atoms with van der Waals surface area (Å²) in [6.45, 7) is 3.13. The number of carbonyl (C=O) groups is 2. The number of halogens is 3. The Kier molecular flexibility index (Phi) is 6.09. The number of carbonyl (C=O) groups excluding carboxylic acids is 2. The van der Waals surface area contributed by atoms with Gasteiger partial charge in [-0.25, -0.2) is 13.6 Å². The molecule has 4 rings (SSSR count).